The number of carbonyl (C=O) groups excluding carboxylic acids is 2. The van der Waals surface area contributed by atoms with Gasteiger partial charge in [0.05, 0.1) is 4.90 Å². The third-order valence-electron chi connectivity index (χ3n) is 6.14. The summed E-state index contributed by atoms with van der Waals surface area (Å²) in [5.41, 5.74) is 2.76. The highest BCUT2D eigenvalue weighted by atomic mass is 32.2. The lowest BCUT2D eigenvalue weighted by atomic mass is 10.0. The lowest BCUT2D eigenvalue weighted by Gasteiger charge is -2.18. The average Bonchev–Trinajstić information content (AvgIpc) is 3.27. The Balaban J connectivity index is 1.41. The van der Waals surface area contributed by atoms with Crippen molar-refractivity contribution in [3.8, 4) is 0 Å². The van der Waals surface area contributed by atoms with E-state index in [2.05, 4.69) is 20.3 Å². The summed E-state index contributed by atoms with van der Waals surface area (Å²) in [6.45, 7) is 1.42. The summed E-state index contributed by atoms with van der Waals surface area (Å²) in [4.78, 5) is 29.9. The van der Waals surface area contributed by atoms with Gasteiger partial charge in [0.1, 0.15) is 6.04 Å². The van der Waals surface area contributed by atoms with E-state index in [-0.39, 0.29) is 29.8 Å². The predicted molar refractivity (Wildman–Crippen MR) is 146 cm³/mol. The highest BCUT2D eigenvalue weighted by Gasteiger charge is 2.22. The number of amides is 2. The molecule has 0 saturated heterocycles. The lowest BCUT2D eigenvalue weighted by Crippen LogP contribution is -2.48. The molecule has 0 spiro atoms. The summed E-state index contributed by atoms with van der Waals surface area (Å²) in [6, 6.07) is 17.6. The number of anilines is 1. The molecule has 0 aliphatic rings. The third-order valence-corrected chi connectivity index (χ3v) is 7.66. The van der Waals surface area contributed by atoms with E-state index < -0.39 is 16.1 Å². The number of carbonyl (C=O) groups is 2. The van der Waals surface area contributed by atoms with Gasteiger partial charge < -0.3 is 20.5 Å². The highest BCUT2D eigenvalue weighted by Crippen LogP contribution is 2.30. The highest BCUT2D eigenvalue weighted by molar-refractivity contribution is 7.89. The number of hydrogen-bond donors (Lipinski definition) is 4. The van der Waals surface area contributed by atoms with Gasteiger partial charge in [-0.25, -0.2) is 13.1 Å². The maximum Gasteiger partial charge on any atom is 0.242 e. The van der Waals surface area contributed by atoms with Crippen LogP contribution in [0.25, 0.3) is 21.7 Å². The van der Waals surface area contributed by atoms with Crippen molar-refractivity contribution in [2.75, 3.05) is 32.1 Å². The monoisotopic (exact) mass is 521 g/mol. The van der Waals surface area contributed by atoms with Crippen LogP contribution in [0, 0.1) is 0 Å². The zero-order chi connectivity index (χ0) is 26.6. The molecule has 1 unspecified atom stereocenters. The van der Waals surface area contributed by atoms with E-state index in [9.17, 15) is 18.0 Å². The first-order valence-corrected chi connectivity index (χ1v) is 13.4. The fraction of sp³-hybridized carbons (Fsp3) is 0.259. The molecule has 10 heteroatoms. The summed E-state index contributed by atoms with van der Waals surface area (Å²) in [5.74, 6) is -0.714. The van der Waals surface area contributed by atoms with Crippen LogP contribution in [0.4, 0.5) is 5.69 Å². The largest absolute Gasteiger partial charge is 0.377 e. The molecule has 0 aliphatic heterocycles. The minimum Gasteiger partial charge on any atom is -0.377 e. The van der Waals surface area contributed by atoms with Crippen LogP contribution in [0.3, 0.4) is 0 Å². The van der Waals surface area contributed by atoms with Crippen LogP contribution in [0.1, 0.15) is 12.5 Å². The Morgan fingerprint density at radius 3 is 2.38 bits per heavy atom. The van der Waals surface area contributed by atoms with Crippen LogP contribution in [-0.4, -0.2) is 58.4 Å². The molecule has 0 aliphatic carbocycles. The number of hydrogen-bond acceptors (Lipinski definition) is 5. The molecule has 0 radical (unpaired) electrons. The number of aromatic amines is 1. The maximum absolute atomic E-state index is 13.1. The van der Waals surface area contributed by atoms with Crippen LogP contribution in [0.2, 0.25) is 0 Å². The van der Waals surface area contributed by atoms with Gasteiger partial charge in [0.15, 0.2) is 0 Å². The van der Waals surface area contributed by atoms with Crippen LogP contribution in [0.5, 0.6) is 0 Å². The Kier molecular flexibility index (Phi) is 7.80. The van der Waals surface area contributed by atoms with Gasteiger partial charge >= 0.3 is 0 Å². The molecule has 4 rings (SSSR count). The van der Waals surface area contributed by atoms with E-state index in [1.807, 2.05) is 67.7 Å². The quantitative estimate of drug-likeness (QED) is 0.239. The molecule has 9 nitrogen and oxygen atoms in total. The number of rotatable bonds is 10. The van der Waals surface area contributed by atoms with E-state index in [1.54, 1.807) is 18.2 Å². The van der Waals surface area contributed by atoms with Crippen molar-refractivity contribution in [3.05, 3.63) is 72.4 Å². The van der Waals surface area contributed by atoms with Crippen molar-refractivity contribution >= 4 is 49.2 Å². The molecule has 1 atom stereocenters. The van der Waals surface area contributed by atoms with Gasteiger partial charge in [0, 0.05) is 74.1 Å². The van der Waals surface area contributed by atoms with Gasteiger partial charge in [0.2, 0.25) is 21.8 Å². The number of sulfonamides is 1. The van der Waals surface area contributed by atoms with Gasteiger partial charge in [0.25, 0.3) is 0 Å². The smallest absolute Gasteiger partial charge is 0.242 e. The first kappa shape index (κ1) is 26.2. The molecule has 4 aromatic rings. The van der Waals surface area contributed by atoms with E-state index in [4.69, 9.17) is 0 Å². The Bertz CT molecular complexity index is 1540. The van der Waals surface area contributed by atoms with Gasteiger partial charge in [-0.1, -0.05) is 42.5 Å². The number of nitrogens with zero attached hydrogens (tertiary/aromatic N) is 1. The number of H-pyrrole nitrogens is 1. The predicted octanol–water partition coefficient (Wildman–Crippen LogP) is 2.53. The normalized spacial score (nSPS) is 12.4. The Hall–Kier alpha value is -3.89. The summed E-state index contributed by atoms with van der Waals surface area (Å²) >= 11 is 0. The van der Waals surface area contributed by atoms with Crippen LogP contribution in [0.15, 0.2) is 71.8 Å². The van der Waals surface area contributed by atoms with Crippen molar-refractivity contribution in [1.82, 2.24) is 20.3 Å². The number of aromatic nitrogens is 1. The molecule has 4 N–H and O–H groups in total. The summed E-state index contributed by atoms with van der Waals surface area (Å²) < 4.78 is 28.8. The number of benzene rings is 3. The molecule has 194 valence electrons. The zero-order valence-electron chi connectivity index (χ0n) is 21.0. The van der Waals surface area contributed by atoms with Gasteiger partial charge in [-0.05, 0) is 23.8 Å². The maximum atomic E-state index is 13.1. The van der Waals surface area contributed by atoms with E-state index in [0.29, 0.717) is 11.8 Å². The molecular weight excluding hydrogens is 490 g/mol. The zero-order valence-corrected chi connectivity index (χ0v) is 21.9. The van der Waals surface area contributed by atoms with Crippen molar-refractivity contribution in [2.24, 2.45) is 0 Å². The van der Waals surface area contributed by atoms with Gasteiger partial charge in [-0.15, -0.1) is 0 Å². The molecule has 1 heterocycles. The van der Waals surface area contributed by atoms with Crippen molar-refractivity contribution in [3.63, 3.8) is 0 Å². The fourth-order valence-corrected chi connectivity index (χ4v) is 5.69. The third kappa shape index (κ3) is 5.92. The minimum absolute atomic E-state index is 0.00227. The van der Waals surface area contributed by atoms with Crippen LogP contribution in [-0.2, 0) is 26.0 Å². The van der Waals surface area contributed by atoms with Crippen LogP contribution >= 0.6 is 0 Å². The topological polar surface area (TPSA) is 123 Å². The Morgan fingerprint density at radius 2 is 1.62 bits per heavy atom. The SMILES string of the molecule is CC(=O)NC(Cc1c[nH]c2ccccc12)C(=O)NCCNS(=O)(=O)c1cccc2c(N(C)C)cccc12. The molecular formula is C27H31N5O4S. The molecule has 0 bridgehead atoms. The Morgan fingerprint density at radius 1 is 0.919 bits per heavy atom. The second kappa shape index (κ2) is 11.0. The second-order valence-corrected chi connectivity index (χ2v) is 10.8. The standard InChI is InChI=1S/C27H31N5O4S/c1-18(33)31-24(16-19-17-29-23-11-5-4-8-20(19)23)27(34)28-14-15-30-37(35,36)26-13-7-9-21-22(26)10-6-12-25(21)32(2)3/h4-13,17,24,29-30H,14-16H2,1-3H3,(H,28,34)(H,31,33). The molecule has 0 fully saturated rings. The van der Waals surface area contributed by atoms with Crippen molar-refractivity contribution in [1.29, 1.82) is 0 Å². The van der Waals surface area contributed by atoms with Gasteiger partial charge in [-0.2, -0.15) is 0 Å². The van der Waals surface area contributed by atoms with E-state index >= 15 is 0 Å². The first-order chi connectivity index (χ1) is 17.7. The fourth-order valence-electron chi connectivity index (χ4n) is 4.44. The molecule has 0 saturated carbocycles. The number of fused-ring (bicyclic) bond motifs is 2. The number of para-hydroxylation sites is 1. The molecule has 1 aromatic heterocycles. The summed E-state index contributed by atoms with van der Waals surface area (Å²) in [7, 11) is -0.0128. The molecule has 2 amide bonds. The van der Waals surface area contributed by atoms with E-state index in [0.717, 1.165) is 27.5 Å². The second-order valence-electron chi connectivity index (χ2n) is 9.03. The molecule has 37 heavy (non-hydrogen) atoms. The van der Waals surface area contributed by atoms with Crippen LogP contribution < -0.4 is 20.3 Å². The summed E-state index contributed by atoms with van der Waals surface area (Å²) in [5, 5.41) is 7.86. The molecule has 3 aromatic carbocycles. The van der Waals surface area contributed by atoms with E-state index in [1.165, 1.54) is 6.92 Å². The minimum atomic E-state index is -3.83. The summed E-state index contributed by atoms with van der Waals surface area (Å²) in [6.07, 6.45) is 2.12. The first-order valence-electron chi connectivity index (χ1n) is 12.0. The average molecular weight is 522 g/mol. The lowest BCUT2D eigenvalue weighted by molar-refractivity contribution is -0.128. The number of nitrogens with one attached hydrogen (secondary N) is 4. The van der Waals surface area contributed by atoms with Gasteiger partial charge in [-0.3, -0.25) is 9.59 Å². The van der Waals surface area contributed by atoms with Crippen molar-refractivity contribution in [2.45, 2.75) is 24.3 Å². The van der Waals surface area contributed by atoms with Crippen molar-refractivity contribution < 1.29 is 18.0 Å². The Labute approximate surface area is 216 Å².